The van der Waals surface area contributed by atoms with Crippen LogP contribution in [0.5, 0.6) is 0 Å². The SMILES string of the molecule is O=S(=O)(Cc1ccc(C(F)(F)F)cc1)Nc1cnc(N2CCCC2)nc1. The molecule has 1 N–H and O–H groups in total. The number of alkyl halides is 3. The first-order chi connectivity index (χ1) is 12.2. The molecule has 1 aromatic heterocycles. The predicted octanol–water partition coefficient (Wildman–Crippen LogP) is 3.04. The molecule has 1 aliphatic rings. The van der Waals surface area contributed by atoms with E-state index in [0.717, 1.165) is 50.2 Å². The van der Waals surface area contributed by atoms with Crippen LogP contribution in [0.1, 0.15) is 24.0 Å². The summed E-state index contributed by atoms with van der Waals surface area (Å²) in [4.78, 5) is 10.3. The fourth-order valence-electron chi connectivity index (χ4n) is 2.68. The number of anilines is 2. The van der Waals surface area contributed by atoms with Crippen LogP contribution in [0.25, 0.3) is 0 Å². The number of nitrogens with zero attached hydrogens (tertiary/aromatic N) is 3. The molecule has 1 fully saturated rings. The molecule has 2 heterocycles. The summed E-state index contributed by atoms with van der Waals surface area (Å²) in [5.41, 5.74) is -0.363. The maximum absolute atomic E-state index is 12.5. The largest absolute Gasteiger partial charge is 0.416 e. The number of benzene rings is 1. The minimum absolute atomic E-state index is 0.208. The Morgan fingerprint density at radius 2 is 1.62 bits per heavy atom. The highest BCUT2D eigenvalue weighted by atomic mass is 32.2. The fourth-order valence-corrected chi connectivity index (χ4v) is 3.85. The molecule has 0 aliphatic carbocycles. The molecule has 0 radical (unpaired) electrons. The first-order valence-corrected chi connectivity index (χ1v) is 9.62. The van der Waals surface area contributed by atoms with Crippen molar-refractivity contribution >= 4 is 21.7 Å². The van der Waals surface area contributed by atoms with E-state index in [9.17, 15) is 21.6 Å². The van der Waals surface area contributed by atoms with Gasteiger partial charge in [0, 0.05) is 13.1 Å². The third-order valence-corrected chi connectivity index (χ3v) is 5.20. The molecule has 2 aromatic rings. The average molecular weight is 386 g/mol. The first kappa shape index (κ1) is 18.4. The third-order valence-electron chi connectivity index (χ3n) is 3.94. The molecule has 10 heteroatoms. The van der Waals surface area contributed by atoms with Crippen molar-refractivity contribution < 1.29 is 21.6 Å². The van der Waals surface area contributed by atoms with Gasteiger partial charge in [-0.05, 0) is 30.5 Å². The summed E-state index contributed by atoms with van der Waals surface area (Å²) in [6, 6.07) is 4.02. The Bertz CT molecular complexity index is 847. The maximum Gasteiger partial charge on any atom is 0.416 e. The van der Waals surface area contributed by atoms with Crippen molar-refractivity contribution in [1.82, 2.24) is 9.97 Å². The lowest BCUT2D eigenvalue weighted by atomic mass is 10.1. The highest BCUT2D eigenvalue weighted by Gasteiger charge is 2.30. The van der Waals surface area contributed by atoms with E-state index >= 15 is 0 Å². The molecule has 3 rings (SSSR count). The van der Waals surface area contributed by atoms with E-state index in [4.69, 9.17) is 0 Å². The number of aromatic nitrogens is 2. The fraction of sp³-hybridized carbons (Fsp3) is 0.375. The molecule has 0 saturated carbocycles. The van der Waals surface area contributed by atoms with Crippen LogP contribution in [0.2, 0.25) is 0 Å². The van der Waals surface area contributed by atoms with E-state index in [0.29, 0.717) is 5.95 Å². The van der Waals surface area contributed by atoms with Gasteiger partial charge in [0.05, 0.1) is 29.4 Å². The van der Waals surface area contributed by atoms with Gasteiger partial charge in [-0.15, -0.1) is 0 Å². The zero-order valence-electron chi connectivity index (χ0n) is 13.7. The second-order valence-electron chi connectivity index (χ2n) is 6.02. The van der Waals surface area contributed by atoms with Gasteiger partial charge in [0.1, 0.15) is 0 Å². The zero-order valence-corrected chi connectivity index (χ0v) is 14.5. The molecule has 0 amide bonds. The Kier molecular flexibility index (Phi) is 5.03. The van der Waals surface area contributed by atoms with Crippen molar-refractivity contribution in [3.05, 3.63) is 47.8 Å². The smallest absolute Gasteiger partial charge is 0.341 e. The summed E-state index contributed by atoms with van der Waals surface area (Å²) in [6.45, 7) is 1.75. The molecule has 0 spiro atoms. The number of hydrogen-bond donors (Lipinski definition) is 1. The lowest BCUT2D eigenvalue weighted by molar-refractivity contribution is -0.137. The number of halogens is 3. The summed E-state index contributed by atoms with van der Waals surface area (Å²) < 4.78 is 64.3. The minimum atomic E-state index is -4.45. The second kappa shape index (κ2) is 7.10. The number of sulfonamides is 1. The Morgan fingerprint density at radius 1 is 1.04 bits per heavy atom. The minimum Gasteiger partial charge on any atom is -0.341 e. The lowest BCUT2D eigenvalue weighted by Gasteiger charge is -2.15. The summed E-state index contributed by atoms with van der Waals surface area (Å²) in [5, 5.41) is 0. The van der Waals surface area contributed by atoms with E-state index < -0.39 is 27.5 Å². The van der Waals surface area contributed by atoms with Crippen molar-refractivity contribution in [3.8, 4) is 0 Å². The molecule has 0 unspecified atom stereocenters. The van der Waals surface area contributed by atoms with Crippen molar-refractivity contribution in [2.75, 3.05) is 22.7 Å². The lowest BCUT2D eigenvalue weighted by Crippen LogP contribution is -2.21. The van der Waals surface area contributed by atoms with Gasteiger partial charge in [-0.3, -0.25) is 4.72 Å². The van der Waals surface area contributed by atoms with Gasteiger partial charge in [-0.25, -0.2) is 18.4 Å². The molecule has 1 aromatic carbocycles. The van der Waals surface area contributed by atoms with Gasteiger partial charge >= 0.3 is 6.18 Å². The van der Waals surface area contributed by atoms with Crippen LogP contribution in [-0.4, -0.2) is 31.5 Å². The zero-order chi connectivity index (χ0) is 18.8. The van der Waals surface area contributed by atoms with Crippen molar-refractivity contribution in [1.29, 1.82) is 0 Å². The Hall–Kier alpha value is -2.36. The molecule has 6 nitrogen and oxygen atoms in total. The Labute approximate surface area is 149 Å². The molecule has 0 bridgehead atoms. The second-order valence-corrected chi connectivity index (χ2v) is 7.74. The summed E-state index contributed by atoms with van der Waals surface area (Å²) >= 11 is 0. The molecule has 0 atom stereocenters. The van der Waals surface area contributed by atoms with Crippen LogP contribution in [0.3, 0.4) is 0 Å². The third kappa shape index (κ3) is 4.63. The Morgan fingerprint density at radius 3 is 2.15 bits per heavy atom. The molecule has 140 valence electrons. The average Bonchev–Trinajstić information content (AvgIpc) is 3.09. The van der Waals surface area contributed by atoms with Crippen LogP contribution >= 0.6 is 0 Å². The number of hydrogen-bond acceptors (Lipinski definition) is 5. The van der Waals surface area contributed by atoms with Gasteiger partial charge in [-0.1, -0.05) is 12.1 Å². The normalized spacial score (nSPS) is 15.3. The van der Waals surface area contributed by atoms with Crippen molar-refractivity contribution in [2.45, 2.75) is 24.8 Å². The number of nitrogens with one attached hydrogen (secondary N) is 1. The van der Waals surface area contributed by atoms with E-state index in [1.54, 1.807) is 0 Å². The molecule has 26 heavy (non-hydrogen) atoms. The molecule has 1 saturated heterocycles. The number of rotatable bonds is 5. The molecular formula is C16H17F3N4O2S. The van der Waals surface area contributed by atoms with Gasteiger partial charge in [0.15, 0.2) is 0 Å². The van der Waals surface area contributed by atoms with E-state index in [2.05, 4.69) is 14.7 Å². The Balaban J connectivity index is 1.65. The topological polar surface area (TPSA) is 75.2 Å². The van der Waals surface area contributed by atoms with Gasteiger partial charge in [0.2, 0.25) is 16.0 Å². The molecular weight excluding hydrogens is 369 g/mol. The monoisotopic (exact) mass is 386 g/mol. The van der Waals surface area contributed by atoms with Crippen LogP contribution in [0, 0.1) is 0 Å². The van der Waals surface area contributed by atoms with Gasteiger partial charge < -0.3 is 4.90 Å². The summed E-state index contributed by atoms with van der Waals surface area (Å²) in [6.07, 6.45) is 0.454. The van der Waals surface area contributed by atoms with Gasteiger partial charge in [0.25, 0.3) is 0 Å². The maximum atomic E-state index is 12.5. The summed E-state index contributed by atoms with van der Waals surface area (Å²) in [7, 11) is -3.79. The van der Waals surface area contributed by atoms with Crippen molar-refractivity contribution in [2.24, 2.45) is 0 Å². The summed E-state index contributed by atoms with van der Waals surface area (Å²) in [5.74, 6) is 0.104. The first-order valence-electron chi connectivity index (χ1n) is 7.97. The molecule has 1 aliphatic heterocycles. The quantitative estimate of drug-likeness (QED) is 0.855. The van der Waals surface area contributed by atoms with E-state index in [-0.39, 0.29) is 11.3 Å². The van der Waals surface area contributed by atoms with Crippen LogP contribution in [0.15, 0.2) is 36.7 Å². The standard InChI is InChI=1S/C16H17F3N4O2S/c17-16(18,19)13-5-3-12(4-6-13)11-26(24,25)22-14-9-20-15(21-10-14)23-7-1-2-8-23/h3-6,9-10,22H,1-2,7-8,11H2. The van der Waals surface area contributed by atoms with Crippen molar-refractivity contribution in [3.63, 3.8) is 0 Å². The van der Waals surface area contributed by atoms with Crippen LogP contribution in [-0.2, 0) is 22.0 Å². The predicted molar refractivity (Wildman–Crippen MR) is 91.2 cm³/mol. The van der Waals surface area contributed by atoms with E-state index in [1.165, 1.54) is 12.4 Å². The highest BCUT2D eigenvalue weighted by molar-refractivity contribution is 7.91. The highest BCUT2D eigenvalue weighted by Crippen LogP contribution is 2.29. The van der Waals surface area contributed by atoms with E-state index in [1.807, 2.05) is 4.90 Å². The van der Waals surface area contributed by atoms with Gasteiger partial charge in [-0.2, -0.15) is 13.2 Å². The van der Waals surface area contributed by atoms with Crippen LogP contribution < -0.4 is 9.62 Å². The van der Waals surface area contributed by atoms with Crippen LogP contribution in [0.4, 0.5) is 24.8 Å².